The monoisotopic (exact) mass is 306 g/mol. The van der Waals surface area contributed by atoms with Crippen molar-refractivity contribution in [3.8, 4) is 0 Å². The summed E-state index contributed by atoms with van der Waals surface area (Å²) in [6.45, 7) is 6.96. The topological polar surface area (TPSA) is 64.3 Å². The van der Waals surface area contributed by atoms with E-state index in [2.05, 4.69) is 34.8 Å². The molecule has 0 spiro atoms. The Balaban J connectivity index is 1.88. The van der Waals surface area contributed by atoms with Crippen molar-refractivity contribution in [2.45, 2.75) is 39.2 Å². The summed E-state index contributed by atoms with van der Waals surface area (Å²) in [7, 11) is 0. The number of aromatic nitrogens is 2. The molecule has 5 nitrogen and oxygen atoms in total. The molecule has 0 aliphatic carbocycles. The van der Waals surface area contributed by atoms with Crippen molar-refractivity contribution in [1.29, 1.82) is 0 Å². The lowest BCUT2D eigenvalue weighted by molar-refractivity contribution is 0.0440. The highest BCUT2D eigenvalue weighted by molar-refractivity contribution is 7.18. The maximum absolute atomic E-state index is 5.92. The van der Waals surface area contributed by atoms with Gasteiger partial charge in [-0.3, -0.25) is 0 Å². The predicted molar refractivity (Wildman–Crippen MR) is 88.0 cm³/mol. The maximum Gasteiger partial charge on any atom is 0.223 e. The van der Waals surface area contributed by atoms with Crippen LogP contribution < -0.4 is 10.6 Å². The molecular formula is C15H22N4OS. The van der Waals surface area contributed by atoms with E-state index in [1.165, 1.54) is 4.88 Å². The van der Waals surface area contributed by atoms with Gasteiger partial charge in [0.05, 0.1) is 11.5 Å². The minimum absolute atomic E-state index is 0.296. The van der Waals surface area contributed by atoms with Gasteiger partial charge < -0.3 is 15.4 Å². The SMILES string of the molecule is CCCOC1CCCN(c2nc(N)nc3sc(C)cc23)C1. The summed E-state index contributed by atoms with van der Waals surface area (Å²) in [5.41, 5.74) is 5.88. The third kappa shape index (κ3) is 3.11. The average Bonchev–Trinajstić information content (AvgIpc) is 2.84. The van der Waals surface area contributed by atoms with Gasteiger partial charge >= 0.3 is 0 Å². The molecule has 0 bridgehead atoms. The Morgan fingerprint density at radius 1 is 1.48 bits per heavy atom. The van der Waals surface area contributed by atoms with Gasteiger partial charge in [-0.2, -0.15) is 4.98 Å². The van der Waals surface area contributed by atoms with Gasteiger partial charge in [0.15, 0.2) is 0 Å². The number of piperidine rings is 1. The average molecular weight is 306 g/mol. The summed E-state index contributed by atoms with van der Waals surface area (Å²) in [5, 5.41) is 1.11. The summed E-state index contributed by atoms with van der Waals surface area (Å²) in [5.74, 6) is 1.32. The number of aryl methyl sites for hydroxylation is 1. The smallest absolute Gasteiger partial charge is 0.223 e. The molecule has 2 N–H and O–H groups in total. The molecule has 1 saturated heterocycles. The minimum atomic E-state index is 0.296. The summed E-state index contributed by atoms with van der Waals surface area (Å²) >= 11 is 1.67. The van der Waals surface area contributed by atoms with Crippen LogP contribution in [-0.2, 0) is 4.74 Å². The highest BCUT2D eigenvalue weighted by Gasteiger charge is 2.23. The van der Waals surface area contributed by atoms with Crippen LogP contribution in [0.25, 0.3) is 10.2 Å². The second-order valence-electron chi connectivity index (χ2n) is 5.56. The van der Waals surface area contributed by atoms with E-state index in [0.29, 0.717) is 12.1 Å². The van der Waals surface area contributed by atoms with Crippen LogP contribution in [0, 0.1) is 6.92 Å². The molecule has 0 aromatic carbocycles. The third-order valence-electron chi connectivity index (χ3n) is 3.75. The molecule has 1 aliphatic heterocycles. The van der Waals surface area contributed by atoms with Crippen molar-refractivity contribution >= 4 is 33.3 Å². The lowest BCUT2D eigenvalue weighted by atomic mass is 10.1. The van der Waals surface area contributed by atoms with Gasteiger partial charge in [0.1, 0.15) is 10.6 Å². The van der Waals surface area contributed by atoms with E-state index in [9.17, 15) is 0 Å². The second kappa shape index (κ2) is 6.15. The van der Waals surface area contributed by atoms with Crippen molar-refractivity contribution in [3.05, 3.63) is 10.9 Å². The molecule has 1 unspecified atom stereocenters. The second-order valence-corrected chi connectivity index (χ2v) is 6.80. The number of anilines is 2. The zero-order valence-electron chi connectivity index (χ0n) is 12.6. The van der Waals surface area contributed by atoms with E-state index < -0.39 is 0 Å². The van der Waals surface area contributed by atoms with Gasteiger partial charge in [0.25, 0.3) is 0 Å². The molecule has 0 saturated carbocycles. The molecule has 6 heteroatoms. The Morgan fingerprint density at radius 2 is 2.33 bits per heavy atom. The number of thiophene rings is 1. The first-order valence-corrected chi connectivity index (χ1v) is 8.39. The van der Waals surface area contributed by atoms with Crippen LogP contribution in [0.1, 0.15) is 31.1 Å². The van der Waals surface area contributed by atoms with E-state index in [4.69, 9.17) is 10.5 Å². The summed E-state index contributed by atoms with van der Waals surface area (Å²) < 4.78 is 5.92. The van der Waals surface area contributed by atoms with Crippen molar-refractivity contribution in [3.63, 3.8) is 0 Å². The van der Waals surface area contributed by atoms with Gasteiger partial charge in [-0.15, -0.1) is 11.3 Å². The normalized spacial score (nSPS) is 19.3. The van der Waals surface area contributed by atoms with E-state index >= 15 is 0 Å². The van der Waals surface area contributed by atoms with Crippen LogP contribution >= 0.6 is 11.3 Å². The number of nitrogens with two attached hydrogens (primary N) is 1. The van der Waals surface area contributed by atoms with E-state index in [-0.39, 0.29) is 0 Å². The van der Waals surface area contributed by atoms with Gasteiger partial charge in [0.2, 0.25) is 5.95 Å². The molecule has 114 valence electrons. The number of hydrogen-bond donors (Lipinski definition) is 1. The fourth-order valence-electron chi connectivity index (χ4n) is 2.84. The third-order valence-corrected chi connectivity index (χ3v) is 4.69. The fourth-order valence-corrected chi connectivity index (χ4v) is 3.72. The number of fused-ring (bicyclic) bond motifs is 1. The minimum Gasteiger partial charge on any atom is -0.376 e. The molecule has 21 heavy (non-hydrogen) atoms. The first-order valence-electron chi connectivity index (χ1n) is 7.57. The van der Waals surface area contributed by atoms with Crippen LogP contribution in [0.5, 0.6) is 0 Å². The predicted octanol–water partition coefficient (Wildman–Crippen LogP) is 2.98. The highest BCUT2D eigenvalue weighted by atomic mass is 32.1. The number of rotatable bonds is 4. The Bertz CT molecular complexity index is 627. The van der Waals surface area contributed by atoms with Crippen LogP contribution in [0.2, 0.25) is 0 Å². The van der Waals surface area contributed by atoms with Crippen molar-refractivity contribution in [2.75, 3.05) is 30.3 Å². The Hall–Kier alpha value is -1.40. The maximum atomic E-state index is 5.92. The lowest BCUT2D eigenvalue weighted by Crippen LogP contribution is -2.40. The summed E-state index contributed by atoms with van der Waals surface area (Å²) in [4.78, 5) is 13.4. The Morgan fingerprint density at radius 3 is 3.14 bits per heavy atom. The molecule has 2 aromatic rings. The van der Waals surface area contributed by atoms with Crippen molar-refractivity contribution < 1.29 is 4.74 Å². The number of nitrogen functional groups attached to an aromatic ring is 1. The molecule has 1 atom stereocenters. The molecule has 1 fully saturated rings. The van der Waals surface area contributed by atoms with Crippen LogP contribution in [-0.4, -0.2) is 35.8 Å². The standard InChI is InChI=1S/C15H22N4OS/c1-3-7-20-11-5-4-6-19(9-11)13-12-8-10(2)21-14(12)18-15(16)17-13/h8,11H,3-7,9H2,1-2H3,(H2,16,17,18). The number of ether oxygens (including phenoxy) is 1. The summed E-state index contributed by atoms with van der Waals surface area (Å²) in [6, 6.07) is 2.16. The van der Waals surface area contributed by atoms with Crippen LogP contribution in [0.3, 0.4) is 0 Å². The van der Waals surface area contributed by atoms with Gasteiger partial charge in [-0.05, 0) is 32.3 Å². The van der Waals surface area contributed by atoms with Gasteiger partial charge in [-0.25, -0.2) is 4.98 Å². The van der Waals surface area contributed by atoms with E-state index in [0.717, 1.165) is 55.0 Å². The molecule has 3 rings (SSSR count). The zero-order valence-corrected chi connectivity index (χ0v) is 13.4. The molecule has 0 radical (unpaired) electrons. The fraction of sp³-hybridized carbons (Fsp3) is 0.600. The number of hydrogen-bond acceptors (Lipinski definition) is 6. The first kappa shape index (κ1) is 14.5. The highest BCUT2D eigenvalue weighted by Crippen LogP contribution is 2.32. The first-order chi connectivity index (χ1) is 10.2. The summed E-state index contributed by atoms with van der Waals surface area (Å²) in [6.07, 6.45) is 3.61. The van der Waals surface area contributed by atoms with Crippen LogP contribution in [0.15, 0.2) is 6.07 Å². The molecular weight excluding hydrogens is 284 g/mol. The molecule has 1 aliphatic rings. The van der Waals surface area contributed by atoms with Gasteiger partial charge in [-0.1, -0.05) is 6.92 Å². The molecule has 0 amide bonds. The van der Waals surface area contributed by atoms with Gasteiger partial charge in [0, 0.05) is 24.6 Å². The molecule has 2 aromatic heterocycles. The van der Waals surface area contributed by atoms with E-state index in [1.54, 1.807) is 11.3 Å². The van der Waals surface area contributed by atoms with Crippen LogP contribution in [0.4, 0.5) is 11.8 Å². The number of nitrogens with zero attached hydrogens (tertiary/aromatic N) is 3. The largest absolute Gasteiger partial charge is 0.376 e. The van der Waals surface area contributed by atoms with Crippen molar-refractivity contribution in [2.24, 2.45) is 0 Å². The Labute approximate surface area is 129 Å². The van der Waals surface area contributed by atoms with Crippen molar-refractivity contribution in [1.82, 2.24) is 9.97 Å². The zero-order chi connectivity index (χ0) is 14.8. The van der Waals surface area contributed by atoms with E-state index in [1.807, 2.05) is 0 Å². The quantitative estimate of drug-likeness (QED) is 0.941. The molecule has 3 heterocycles. The lowest BCUT2D eigenvalue weighted by Gasteiger charge is -2.33. The Kier molecular flexibility index (Phi) is 4.26.